The average molecular weight is 291 g/mol. The van der Waals surface area contributed by atoms with Gasteiger partial charge in [0.15, 0.2) is 5.13 Å². The number of hydrogen-bond acceptors (Lipinski definition) is 4. The van der Waals surface area contributed by atoms with E-state index in [1.54, 1.807) is 11.3 Å². The first kappa shape index (κ1) is 13.1. The van der Waals surface area contributed by atoms with Gasteiger partial charge in [-0.3, -0.25) is 0 Å². The summed E-state index contributed by atoms with van der Waals surface area (Å²) in [6.07, 6.45) is 9.15. The van der Waals surface area contributed by atoms with Gasteiger partial charge in [-0.25, -0.2) is 4.98 Å². The maximum Gasteiger partial charge on any atom is 0.185 e. The SMILES string of the molecule is c1csc(N2C[C@H]3CCC[C@@H](CN4CCCC4)[C@H]3C2)n1. The Balaban J connectivity index is 1.44. The minimum absolute atomic E-state index is 0.924. The third-order valence-corrected chi connectivity index (χ3v) is 6.46. The summed E-state index contributed by atoms with van der Waals surface area (Å²) in [5.41, 5.74) is 0. The molecule has 2 saturated heterocycles. The minimum Gasteiger partial charge on any atom is -0.348 e. The van der Waals surface area contributed by atoms with Gasteiger partial charge in [0.05, 0.1) is 0 Å². The van der Waals surface area contributed by atoms with E-state index in [4.69, 9.17) is 0 Å². The Hall–Kier alpha value is -0.610. The van der Waals surface area contributed by atoms with E-state index < -0.39 is 0 Å². The van der Waals surface area contributed by atoms with E-state index >= 15 is 0 Å². The van der Waals surface area contributed by atoms with Gasteiger partial charge in [-0.05, 0) is 56.5 Å². The zero-order chi connectivity index (χ0) is 13.4. The van der Waals surface area contributed by atoms with Gasteiger partial charge in [0.1, 0.15) is 0 Å². The third-order valence-electron chi connectivity index (χ3n) is 5.63. The van der Waals surface area contributed by atoms with Gasteiger partial charge in [-0.2, -0.15) is 0 Å². The van der Waals surface area contributed by atoms with E-state index in [0.717, 1.165) is 17.8 Å². The van der Waals surface area contributed by atoms with Crippen molar-refractivity contribution in [1.29, 1.82) is 0 Å². The Morgan fingerprint density at radius 3 is 2.85 bits per heavy atom. The van der Waals surface area contributed by atoms with Crippen molar-refractivity contribution in [3.63, 3.8) is 0 Å². The number of nitrogens with zero attached hydrogens (tertiary/aromatic N) is 3. The van der Waals surface area contributed by atoms with E-state index in [-0.39, 0.29) is 0 Å². The summed E-state index contributed by atoms with van der Waals surface area (Å²) in [5.74, 6) is 2.80. The molecule has 3 aliphatic rings. The summed E-state index contributed by atoms with van der Waals surface area (Å²) in [7, 11) is 0. The number of anilines is 1. The summed E-state index contributed by atoms with van der Waals surface area (Å²) in [4.78, 5) is 9.80. The number of hydrogen-bond donors (Lipinski definition) is 0. The molecule has 1 saturated carbocycles. The van der Waals surface area contributed by atoms with Crippen LogP contribution in [0.1, 0.15) is 32.1 Å². The highest BCUT2D eigenvalue weighted by atomic mass is 32.1. The molecular formula is C16H25N3S. The van der Waals surface area contributed by atoms with Crippen LogP contribution in [0.3, 0.4) is 0 Å². The molecule has 0 aromatic carbocycles. The molecule has 20 heavy (non-hydrogen) atoms. The third kappa shape index (κ3) is 2.48. The lowest BCUT2D eigenvalue weighted by Crippen LogP contribution is -2.36. The second kappa shape index (κ2) is 5.64. The molecule has 0 radical (unpaired) electrons. The lowest BCUT2D eigenvalue weighted by atomic mass is 9.73. The van der Waals surface area contributed by atoms with Gasteiger partial charge >= 0.3 is 0 Å². The van der Waals surface area contributed by atoms with Gasteiger partial charge in [0.25, 0.3) is 0 Å². The van der Waals surface area contributed by atoms with Crippen LogP contribution in [-0.2, 0) is 0 Å². The topological polar surface area (TPSA) is 19.4 Å². The Morgan fingerprint density at radius 1 is 1.15 bits per heavy atom. The largest absolute Gasteiger partial charge is 0.348 e. The van der Waals surface area contributed by atoms with E-state index in [1.807, 2.05) is 6.20 Å². The summed E-state index contributed by atoms with van der Waals surface area (Å²) in [6, 6.07) is 0. The van der Waals surface area contributed by atoms with Gasteiger partial charge in [-0.1, -0.05) is 6.42 Å². The summed E-state index contributed by atoms with van der Waals surface area (Å²) in [5, 5.41) is 3.36. The van der Waals surface area contributed by atoms with Gasteiger partial charge in [0.2, 0.25) is 0 Å². The highest BCUT2D eigenvalue weighted by Crippen LogP contribution is 2.42. The zero-order valence-corrected chi connectivity index (χ0v) is 13.0. The van der Waals surface area contributed by atoms with Crippen molar-refractivity contribution in [2.75, 3.05) is 37.6 Å². The molecule has 3 nitrogen and oxygen atoms in total. The molecule has 0 amide bonds. The van der Waals surface area contributed by atoms with Crippen molar-refractivity contribution < 1.29 is 0 Å². The van der Waals surface area contributed by atoms with Crippen LogP contribution in [0.2, 0.25) is 0 Å². The van der Waals surface area contributed by atoms with Crippen LogP contribution in [0.4, 0.5) is 5.13 Å². The smallest absolute Gasteiger partial charge is 0.185 e. The molecule has 2 aliphatic heterocycles. The van der Waals surface area contributed by atoms with Crippen LogP contribution in [0.15, 0.2) is 11.6 Å². The van der Waals surface area contributed by atoms with Crippen LogP contribution < -0.4 is 4.90 Å². The standard InChI is InChI=1S/C16H25N3S/c1-2-8-18(7-1)10-13-4-3-5-14-11-19(12-15(13)14)16-17-6-9-20-16/h6,9,13-15H,1-5,7-8,10-12H2/t13-,14+,15+/m0/s1. The fourth-order valence-corrected chi connectivity index (χ4v) is 5.31. The monoisotopic (exact) mass is 291 g/mol. The summed E-state index contributed by atoms with van der Waals surface area (Å²) < 4.78 is 0. The van der Waals surface area contributed by atoms with Crippen molar-refractivity contribution >= 4 is 16.5 Å². The Bertz CT molecular complexity index is 427. The number of likely N-dealkylation sites (tertiary alicyclic amines) is 1. The molecule has 4 heteroatoms. The average Bonchev–Trinajstić information content (AvgIpc) is 3.20. The molecule has 3 atom stereocenters. The second-order valence-electron chi connectivity index (χ2n) is 6.84. The van der Waals surface area contributed by atoms with E-state index in [0.29, 0.717) is 0 Å². The van der Waals surface area contributed by atoms with Crippen molar-refractivity contribution in [3.05, 3.63) is 11.6 Å². The highest BCUT2D eigenvalue weighted by molar-refractivity contribution is 7.13. The molecule has 0 unspecified atom stereocenters. The normalized spacial score (nSPS) is 34.6. The molecule has 1 aromatic heterocycles. The van der Waals surface area contributed by atoms with Crippen molar-refractivity contribution in [2.45, 2.75) is 32.1 Å². The number of fused-ring (bicyclic) bond motifs is 1. The second-order valence-corrected chi connectivity index (χ2v) is 7.72. The van der Waals surface area contributed by atoms with Crippen molar-refractivity contribution in [1.82, 2.24) is 9.88 Å². The summed E-state index contributed by atoms with van der Waals surface area (Å²) >= 11 is 1.80. The first-order valence-corrected chi connectivity index (χ1v) is 9.15. The van der Waals surface area contributed by atoms with Crippen molar-refractivity contribution in [2.24, 2.45) is 17.8 Å². The first-order chi connectivity index (χ1) is 9.90. The van der Waals surface area contributed by atoms with E-state index in [9.17, 15) is 0 Å². The molecule has 3 fully saturated rings. The van der Waals surface area contributed by atoms with E-state index in [2.05, 4.69) is 20.2 Å². The maximum absolute atomic E-state index is 4.52. The fourth-order valence-electron chi connectivity index (χ4n) is 4.64. The van der Waals surface area contributed by atoms with Crippen molar-refractivity contribution in [3.8, 4) is 0 Å². The highest BCUT2D eigenvalue weighted by Gasteiger charge is 2.41. The Labute approximate surface area is 126 Å². The quantitative estimate of drug-likeness (QED) is 0.853. The van der Waals surface area contributed by atoms with Crippen LogP contribution in [0.25, 0.3) is 0 Å². The Kier molecular flexibility index (Phi) is 3.69. The molecule has 1 aromatic rings. The minimum atomic E-state index is 0.924. The number of thiazole rings is 1. The molecular weight excluding hydrogens is 266 g/mol. The molecule has 0 bridgehead atoms. The molecule has 4 rings (SSSR count). The Morgan fingerprint density at radius 2 is 2.05 bits per heavy atom. The number of rotatable bonds is 3. The zero-order valence-electron chi connectivity index (χ0n) is 12.2. The van der Waals surface area contributed by atoms with Crippen LogP contribution in [0, 0.1) is 17.8 Å². The predicted octanol–water partition coefficient (Wildman–Crippen LogP) is 3.09. The fraction of sp³-hybridized carbons (Fsp3) is 0.812. The van der Waals surface area contributed by atoms with Gasteiger partial charge in [0, 0.05) is 31.2 Å². The molecule has 0 spiro atoms. The number of aromatic nitrogens is 1. The summed E-state index contributed by atoms with van der Waals surface area (Å²) in [6.45, 7) is 6.59. The van der Waals surface area contributed by atoms with Gasteiger partial charge in [-0.15, -0.1) is 11.3 Å². The van der Waals surface area contributed by atoms with Crippen LogP contribution in [-0.4, -0.2) is 42.6 Å². The lowest BCUT2D eigenvalue weighted by molar-refractivity contribution is 0.148. The predicted molar refractivity (Wildman–Crippen MR) is 84.3 cm³/mol. The maximum atomic E-state index is 4.52. The molecule has 1 aliphatic carbocycles. The van der Waals surface area contributed by atoms with Crippen LogP contribution >= 0.6 is 11.3 Å². The van der Waals surface area contributed by atoms with Gasteiger partial charge < -0.3 is 9.80 Å². The molecule has 0 N–H and O–H groups in total. The van der Waals surface area contributed by atoms with E-state index in [1.165, 1.54) is 70.0 Å². The molecule has 3 heterocycles. The first-order valence-electron chi connectivity index (χ1n) is 8.27. The molecule has 110 valence electrons. The van der Waals surface area contributed by atoms with Crippen LogP contribution in [0.5, 0.6) is 0 Å². The lowest BCUT2D eigenvalue weighted by Gasteiger charge is -2.35.